The van der Waals surface area contributed by atoms with Crippen LogP contribution in [0.4, 0.5) is 0 Å². The van der Waals surface area contributed by atoms with E-state index in [-0.39, 0.29) is 23.9 Å². The third-order valence-corrected chi connectivity index (χ3v) is 5.12. The van der Waals surface area contributed by atoms with Gasteiger partial charge in [0, 0.05) is 11.4 Å². The molecule has 0 aromatic carbocycles. The fourth-order valence-corrected chi connectivity index (χ4v) is 3.59. The Hall–Kier alpha value is -1.36. The van der Waals surface area contributed by atoms with Gasteiger partial charge in [0.15, 0.2) is 0 Å². The Morgan fingerprint density at radius 3 is 2.80 bits per heavy atom. The molecule has 1 saturated carbocycles. The van der Waals surface area contributed by atoms with Gasteiger partial charge in [-0.2, -0.15) is 0 Å². The highest BCUT2D eigenvalue weighted by atomic mass is 32.1. The Labute approximate surface area is 123 Å². The van der Waals surface area contributed by atoms with Crippen molar-refractivity contribution in [2.75, 3.05) is 6.54 Å². The first-order valence-corrected chi connectivity index (χ1v) is 8.22. The maximum Gasteiger partial charge on any atom is 0.246 e. The standard InChI is InChI=1S/C15H20N2O2S/c1-2-12-14(18)16-13(10-5-6-10)15(19)17(12)8-7-11-4-3-9-20-11/h3-4,9-10,12-13H,2,5-8H2,1H3,(H,16,18). The molecule has 0 bridgehead atoms. The van der Waals surface area contributed by atoms with Crippen LogP contribution < -0.4 is 5.32 Å². The second-order valence-corrected chi connectivity index (χ2v) is 6.64. The monoisotopic (exact) mass is 292 g/mol. The number of nitrogens with one attached hydrogen (secondary N) is 1. The van der Waals surface area contributed by atoms with Gasteiger partial charge in [-0.25, -0.2) is 0 Å². The molecule has 20 heavy (non-hydrogen) atoms. The Morgan fingerprint density at radius 1 is 1.40 bits per heavy atom. The first-order valence-electron chi connectivity index (χ1n) is 7.34. The number of piperazine rings is 1. The second kappa shape index (κ2) is 5.56. The first-order chi connectivity index (χ1) is 9.70. The number of carbonyl (C=O) groups excluding carboxylic acids is 2. The van der Waals surface area contributed by atoms with Crippen LogP contribution in [0.3, 0.4) is 0 Å². The summed E-state index contributed by atoms with van der Waals surface area (Å²) < 4.78 is 0. The van der Waals surface area contributed by atoms with E-state index in [2.05, 4.69) is 11.4 Å². The molecule has 1 aromatic rings. The maximum absolute atomic E-state index is 12.6. The number of rotatable bonds is 5. The smallest absolute Gasteiger partial charge is 0.246 e. The highest BCUT2D eigenvalue weighted by Crippen LogP contribution is 2.35. The van der Waals surface area contributed by atoms with Crippen molar-refractivity contribution in [1.82, 2.24) is 10.2 Å². The quantitative estimate of drug-likeness (QED) is 0.900. The van der Waals surface area contributed by atoms with Crippen molar-refractivity contribution in [2.24, 2.45) is 5.92 Å². The average Bonchev–Trinajstić information content (AvgIpc) is 3.15. The molecule has 1 saturated heterocycles. The van der Waals surface area contributed by atoms with Crippen LogP contribution in [0.5, 0.6) is 0 Å². The van der Waals surface area contributed by atoms with Crippen molar-refractivity contribution < 1.29 is 9.59 Å². The van der Waals surface area contributed by atoms with Gasteiger partial charge in [0.05, 0.1) is 0 Å². The highest BCUT2D eigenvalue weighted by molar-refractivity contribution is 7.09. The predicted molar refractivity (Wildman–Crippen MR) is 78.5 cm³/mol. The summed E-state index contributed by atoms with van der Waals surface area (Å²) in [6, 6.07) is 3.54. The van der Waals surface area contributed by atoms with Crippen LogP contribution >= 0.6 is 11.3 Å². The van der Waals surface area contributed by atoms with E-state index in [9.17, 15) is 9.59 Å². The molecule has 0 radical (unpaired) electrons. The van der Waals surface area contributed by atoms with E-state index >= 15 is 0 Å². The van der Waals surface area contributed by atoms with Crippen molar-refractivity contribution >= 4 is 23.2 Å². The lowest BCUT2D eigenvalue weighted by atomic mass is 10.0. The lowest BCUT2D eigenvalue weighted by Gasteiger charge is -2.38. The molecular weight excluding hydrogens is 272 g/mol. The van der Waals surface area contributed by atoms with E-state index in [1.807, 2.05) is 23.3 Å². The zero-order valence-electron chi connectivity index (χ0n) is 11.7. The van der Waals surface area contributed by atoms with Crippen molar-refractivity contribution in [3.63, 3.8) is 0 Å². The maximum atomic E-state index is 12.6. The molecule has 2 atom stereocenters. The molecule has 1 aliphatic carbocycles. The summed E-state index contributed by atoms with van der Waals surface area (Å²) in [7, 11) is 0. The molecule has 5 heteroatoms. The molecule has 1 aromatic heterocycles. The summed E-state index contributed by atoms with van der Waals surface area (Å²) in [5.74, 6) is 0.513. The molecule has 1 N–H and O–H groups in total. The Bertz CT molecular complexity index is 496. The molecule has 3 rings (SSSR count). The summed E-state index contributed by atoms with van der Waals surface area (Å²) in [4.78, 5) is 27.9. The third-order valence-electron chi connectivity index (χ3n) is 4.19. The van der Waals surface area contributed by atoms with Gasteiger partial charge in [-0.1, -0.05) is 13.0 Å². The summed E-state index contributed by atoms with van der Waals surface area (Å²) in [6.45, 7) is 2.61. The predicted octanol–water partition coefficient (Wildman–Crippen LogP) is 1.81. The summed E-state index contributed by atoms with van der Waals surface area (Å²) in [5, 5.41) is 4.97. The van der Waals surface area contributed by atoms with Gasteiger partial charge in [0.1, 0.15) is 12.1 Å². The molecule has 2 fully saturated rings. The van der Waals surface area contributed by atoms with E-state index in [0.29, 0.717) is 18.9 Å². The fourth-order valence-electron chi connectivity index (χ4n) is 2.89. The van der Waals surface area contributed by atoms with E-state index in [1.165, 1.54) is 4.88 Å². The fraction of sp³-hybridized carbons (Fsp3) is 0.600. The van der Waals surface area contributed by atoms with Crippen molar-refractivity contribution in [3.8, 4) is 0 Å². The van der Waals surface area contributed by atoms with Crippen LogP contribution in [0.25, 0.3) is 0 Å². The number of nitrogens with zero attached hydrogens (tertiary/aromatic N) is 1. The van der Waals surface area contributed by atoms with Crippen LogP contribution in [0.2, 0.25) is 0 Å². The number of carbonyl (C=O) groups is 2. The van der Waals surface area contributed by atoms with Crippen molar-refractivity contribution in [1.29, 1.82) is 0 Å². The van der Waals surface area contributed by atoms with E-state index < -0.39 is 0 Å². The minimum absolute atomic E-state index is 0.0233. The topological polar surface area (TPSA) is 49.4 Å². The zero-order valence-corrected chi connectivity index (χ0v) is 12.5. The normalized spacial score (nSPS) is 26.8. The van der Waals surface area contributed by atoms with E-state index in [4.69, 9.17) is 0 Å². The van der Waals surface area contributed by atoms with Gasteiger partial charge in [-0.15, -0.1) is 11.3 Å². The Balaban J connectivity index is 1.72. The van der Waals surface area contributed by atoms with Crippen LogP contribution in [0.15, 0.2) is 17.5 Å². The average molecular weight is 292 g/mol. The SMILES string of the molecule is CCC1C(=O)NC(C2CC2)C(=O)N1CCc1cccs1. The van der Waals surface area contributed by atoms with Gasteiger partial charge < -0.3 is 10.2 Å². The first kappa shape index (κ1) is 13.6. The highest BCUT2D eigenvalue weighted by Gasteiger charge is 2.45. The molecule has 0 spiro atoms. The van der Waals surface area contributed by atoms with Gasteiger partial charge in [0.25, 0.3) is 0 Å². The molecular formula is C15H20N2O2S. The largest absolute Gasteiger partial charge is 0.342 e. The van der Waals surface area contributed by atoms with Crippen LogP contribution in [-0.2, 0) is 16.0 Å². The number of hydrogen-bond acceptors (Lipinski definition) is 3. The van der Waals surface area contributed by atoms with Gasteiger partial charge >= 0.3 is 0 Å². The zero-order chi connectivity index (χ0) is 14.1. The lowest BCUT2D eigenvalue weighted by molar-refractivity contribution is -0.150. The summed E-state index contributed by atoms with van der Waals surface area (Å²) in [5.41, 5.74) is 0. The van der Waals surface area contributed by atoms with Crippen molar-refractivity contribution in [2.45, 2.75) is 44.7 Å². The minimum Gasteiger partial charge on any atom is -0.342 e. The minimum atomic E-state index is -0.294. The van der Waals surface area contributed by atoms with Crippen molar-refractivity contribution in [3.05, 3.63) is 22.4 Å². The second-order valence-electron chi connectivity index (χ2n) is 5.61. The van der Waals surface area contributed by atoms with Gasteiger partial charge in [-0.05, 0) is 43.0 Å². The van der Waals surface area contributed by atoms with Crippen LogP contribution in [0.1, 0.15) is 31.1 Å². The van der Waals surface area contributed by atoms with Gasteiger partial charge in [-0.3, -0.25) is 9.59 Å². The Morgan fingerprint density at radius 2 is 2.20 bits per heavy atom. The molecule has 108 valence electrons. The summed E-state index contributed by atoms with van der Waals surface area (Å²) >= 11 is 1.70. The van der Waals surface area contributed by atoms with E-state index in [1.54, 1.807) is 11.3 Å². The molecule has 2 amide bonds. The van der Waals surface area contributed by atoms with Crippen LogP contribution in [-0.4, -0.2) is 35.3 Å². The molecule has 1 aliphatic heterocycles. The van der Waals surface area contributed by atoms with Crippen LogP contribution in [0, 0.1) is 5.92 Å². The lowest BCUT2D eigenvalue weighted by Crippen LogP contribution is -2.64. The van der Waals surface area contributed by atoms with E-state index in [0.717, 1.165) is 19.3 Å². The molecule has 2 heterocycles. The number of amides is 2. The Kier molecular flexibility index (Phi) is 3.78. The number of hydrogen-bond donors (Lipinski definition) is 1. The third kappa shape index (κ3) is 2.59. The number of thiophene rings is 1. The van der Waals surface area contributed by atoms with Gasteiger partial charge in [0.2, 0.25) is 11.8 Å². The molecule has 2 unspecified atom stereocenters. The molecule has 2 aliphatic rings. The molecule has 4 nitrogen and oxygen atoms in total. The summed E-state index contributed by atoms with van der Waals surface area (Å²) in [6.07, 6.45) is 3.64.